The molecular weight excluding hydrogens is 373 g/mol. The molecule has 0 amide bonds. The van der Waals surface area contributed by atoms with E-state index < -0.39 is 0 Å². The second-order valence-corrected chi connectivity index (χ2v) is 10.3. The van der Waals surface area contributed by atoms with E-state index in [0.717, 1.165) is 10.0 Å². The maximum absolute atomic E-state index is 5.95. The van der Waals surface area contributed by atoms with Crippen LogP contribution in [0, 0.1) is 0 Å². The molecule has 2 aromatic carbocycles. The van der Waals surface area contributed by atoms with E-state index in [1.165, 1.54) is 8.92 Å². The summed E-state index contributed by atoms with van der Waals surface area (Å²) in [6, 6.07) is 16.2. The van der Waals surface area contributed by atoms with Crippen molar-refractivity contribution in [3.63, 3.8) is 0 Å². The number of benzene rings is 2. The van der Waals surface area contributed by atoms with Crippen LogP contribution in [0.3, 0.4) is 0 Å². The van der Waals surface area contributed by atoms with Gasteiger partial charge in [-0.15, -0.1) is 0 Å². The number of hydrogen-bond donors (Lipinski definition) is 0. The average Bonchev–Trinajstić information content (AvgIpc) is 2.27. The number of halogens is 2. The Kier molecular flexibility index (Phi) is 4.78. The number of rotatable bonds is 3. The Labute approximate surface area is 116 Å². The Hall–Kier alpha value is 0.0590. The molecule has 0 nitrogen and oxygen atoms in total. The Morgan fingerprint density at radius 3 is 1.50 bits per heavy atom. The SMILES string of the molecule is Clc1cccc([Se][Se]c2cccc(Cl)c2)c1. The minimum atomic E-state index is 0.475. The van der Waals surface area contributed by atoms with Crippen molar-refractivity contribution in [2.24, 2.45) is 0 Å². The van der Waals surface area contributed by atoms with Crippen molar-refractivity contribution in [2.75, 3.05) is 0 Å². The standard InChI is InChI=1S/C12H8Cl2Se2/c13-9-3-1-5-11(7-9)15-16-12-6-2-4-10(14)8-12/h1-8H. The molecule has 2 rings (SSSR count). The Morgan fingerprint density at radius 1 is 0.688 bits per heavy atom. The van der Waals surface area contributed by atoms with Crippen molar-refractivity contribution in [1.82, 2.24) is 0 Å². The van der Waals surface area contributed by atoms with E-state index in [2.05, 4.69) is 12.1 Å². The summed E-state index contributed by atoms with van der Waals surface area (Å²) in [7, 11) is 0. The molecule has 82 valence electrons. The van der Waals surface area contributed by atoms with Gasteiger partial charge in [0, 0.05) is 0 Å². The molecule has 0 saturated heterocycles. The minimum absolute atomic E-state index is 0.475. The van der Waals surface area contributed by atoms with Crippen molar-refractivity contribution in [2.45, 2.75) is 0 Å². The van der Waals surface area contributed by atoms with E-state index in [0.29, 0.717) is 26.3 Å². The van der Waals surface area contributed by atoms with E-state index in [9.17, 15) is 0 Å². The molecule has 0 bridgehead atoms. The average molecular weight is 381 g/mol. The third-order valence-corrected chi connectivity index (χ3v) is 9.45. The molecule has 2 aromatic rings. The zero-order valence-corrected chi connectivity index (χ0v) is 13.1. The van der Waals surface area contributed by atoms with Gasteiger partial charge < -0.3 is 0 Å². The van der Waals surface area contributed by atoms with Gasteiger partial charge in [0.15, 0.2) is 0 Å². The van der Waals surface area contributed by atoms with Crippen molar-refractivity contribution in [3.8, 4) is 0 Å². The Bertz CT molecular complexity index is 440. The summed E-state index contributed by atoms with van der Waals surface area (Å²) >= 11 is 12.8. The summed E-state index contributed by atoms with van der Waals surface area (Å²) in [5.74, 6) is 0. The van der Waals surface area contributed by atoms with Crippen LogP contribution in [0.1, 0.15) is 0 Å². The fourth-order valence-corrected chi connectivity index (χ4v) is 7.87. The molecule has 0 aliphatic carbocycles. The van der Waals surface area contributed by atoms with Crippen LogP contribution in [0.25, 0.3) is 0 Å². The molecule has 0 saturated carbocycles. The molecule has 0 spiro atoms. The van der Waals surface area contributed by atoms with Gasteiger partial charge in [-0.3, -0.25) is 0 Å². The third kappa shape index (κ3) is 3.82. The second kappa shape index (κ2) is 6.12. The fourth-order valence-electron chi connectivity index (χ4n) is 1.13. The predicted octanol–water partition coefficient (Wildman–Crippen LogP) is 2.27. The van der Waals surface area contributed by atoms with Gasteiger partial charge in [-0.1, -0.05) is 0 Å². The van der Waals surface area contributed by atoms with Crippen LogP contribution < -0.4 is 8.92 Å². The van der Waals surface area contributed by atoms with Crippen LogP contribution in [-0.4, -0.2) is 26.3 Å². The van der Waals surface area contributed by atoms with Crippen molar-refractivity contribution >= 4 is 58.4 Å². The maximum atomic E-state index is 5.95. The zero-order valence-electron chi connectivity index (χ0n) is 8.19. The topological polar surface area (TPSA) is 0 Å². The van der Waals surface area contributed by atoms with Gasteiger partial charge in [-0.2, -0.15) is 0 Å². The van der Waals surface area contributed by atoms with Crippen LogP contribution in [0.15, 0.2) is 48.5 Å². The molecule has 0 N–H and O–H groups in total. The first kappa shape index (κ1) is 12.5. The van der Waals surface area contributed by atoms with E-state index in [1.54, 1.807) is 0 Å². The van der Waals surface area contributed by atoms with Gasteiger partial charge in [-0.25, -0.2) is 0 Å². The van der Waals surface area contributed by atoms with E-state index in [4.69, 9.17) is 23.2 Å². The van der Waals surface area contributed by atoms with E-state index in [1.807, 2.05) is 36.4 Å². The van der Waals surface area contributed by atoms with Crippen LogP contribution in [-0.2, 0) is 0 Å². The monoisotopic (exact) mass is 382 g/mol. The normalized spacial score (nSPS) is 10.4. The summed E-state index contributed by atoms with van der Waals surface area (Å²) in [4.78, 5) is 0. The van der Waals surface area contributed by atoms with Gasteiger partial charge in [0.1, 0.15) is 0 Å². The first-order valence-electron chi connectivity index (χ1n) is 4.60. The zero-order chi connectivity index (χ0) is 11.4. The van der Waals surface area contributed by atoms with Crippen LogP contribution >= 0.6 is 23.2 Å². The molecule has 0 heterocycles. The molecule has 0 aromatic heterocycles. The van der Waals surface area contributed by atoms with Crippen LogP contribution in [0.5, 0.6) is 0 Å². The molecular formula is C12H8Cl2Se2. The molecule has 0 fully saturated rings. The number of hydrogen-bond acceptors (Lipinski definition) is 0. The molecule has 0 aliphatic heterocycles. The fraction of sp³-hybridized carbons (Fsp3) is 0. The van der Waals surface area contributed by atoms with Crippen LogP contribution in [0.2, 0.25) is 10.0 Å². The summed E-state index contributed by atoms with van der Waals surface area (Å²) < 4.78 is 2.69. The third-order valence-electron chi connectivity index (χ3n) is 1.83. The van der Waals surface area contributed by atoms with Gasteiger partial charge >= 0.3 is 117 Å². The van der Waals surface area contributed by atoms with Crippen molar-refractivity contribution < 1.29 is 0 Å². The van der Waals surface area contributed by atoms with Gasteiger partial charge in [-0.05, 0) is 0 Å². The summed E-state index contributed by atoms with van der Waals surface area (Å²) in [5.41, 5.74) is 0. The first-order valence-corrected chi connectivity index (χ1v) is 11.4. The summed E-state index contributed by atoms with van der Waals surface area (Å²) in [6.07, 6.45) is 0. The van der Waals surface area contributed by atoms with E-state index >= 15 is 0 Å². The summed E-state index contributed by atoms with van der Waals surface area (Å²) in [6.45, 7) is 0. The molecule has 0 unspecified atom stereocenters. The van der Waals surface area contributed by atoms with Crippen molar-refractivity contribution in [1.29, 1.82) is 0 Å². The molecule has 16 heavy (non-hydrogen) atoms. The molecule has 0 aliphatic rings. The van der Waals surface area contributed by atoms with Gasteiger partial charge in [0.25, 0.3) is 0 Å². The molecule has 0 atom stereocenters. The molecule has 4 heteroatoms. The molecule has 0 radical (unpaired) electrons. The van der Waals surface area contributed by atoms with Gasteiger partial charge in [0.2, 0.25) is 0 Å². The quantitative estimate of drug-likeness (QED) is 0.716. The van der Waals surface area contributed by atoms with E-state index in [-0.39, 0.29) is 0 Å². The second-order valence-electron chi connectivity index (χ2n) is 3.08. The van der Waals surface area contributed by atoms with Crippen LogP contribution in [0.4, 0.5) is 0 Å². The Balaban J connectivity index is 2.02. The summed E-state index contributed by atoms with van der Waals surface area (Å²) in [5, 5.41) is 1.64. The predicted molar refractivity (Wildman–Crippen MR) is 73.7 cm³/mol. The van der Waals surface area contributed by atoms with Crippen molar-refractivity contribution in [3.05, 3.63) is 58.6 Å². The first-order chi connectivity index (χ1) is 7.74. The Morgan fingerprint density at radius 2 is 1.12 bits per heavy atom. The van der Waals surface area contributed by atoms with Gasteiger partial charge in [0.05, 0.1) is 0 Å².